The molecule has 0 fully saturated rings. The van der Waals surface area contributed by atoms with Crippen molar-refractivity contribution >= 4 is 35.0 Å². The van der Waals surface area contributed by atoms with Crippen molar-refractivity contribution < 1.29 is 4.79 Å². The van der Waals surface area contributed by atoms with Crippen LogP contribution in [-0.2, 0) is 4.79 Å². The Hall–Kier alpha value is -3.12. The maximum absolute atomic E-state index is 11.8. The number of primary amides is 1. The topological polar surface area (TPSA) is 99.8 Å². The summed E-state index contributed by atoms with van der Waals surface area (Å²) < 4.78 is 1.44. The molecule has 1 heterocycles. The second-order valence-corrected chi connectivity index (χ2v) is 5.52. The number of aromatic nitrogens is 3. The summed E-state index contributed by atoms with van der Waals surface area (Å²) in [5, 5.41) is 4.92. The molecule has 1 amide bonds. The predicted octanol–water partition coefficient (Wildman–Crippen LogP) is 2.66. The zero-order chi connectivity index (χ0) is 17.1. The number of nitrogens with two attached hydrogens (primary N) is 2. The zero-order valence-corrected chi connectivity index (χ0v) is 13.3. The van der Waals surface area contributed by atoms with Crippen molar-refractivity contribution in [3.8, 4) is 11.4 Å². The van der Waals surface area contributed by atoms with Crippen molar-refractivity contribution in [2.75, 3.05) is 5.73 Å². The van der Waals surface area contributed by atoms with Crippen LogP contribution in [0.15, 0.2) is 54.9 Å². The molecule has 7 heteroatoms. The number of halogens is 1. The van der Waals surface area contributed by atoms with Crippen LogP contribution in [-0.4, -0.2) is 20.7 Å². The number of anilines is 1. The van der Waals surface area contributed by atoms with E-state index in [2.05, 4.69) is 10.1 Å². The van der Waals surface area contributed by atoms with Gasteiger partial charge in [0.05, 0.1) is 5.57 Å². The van der Waals surface area contributed by atoms with Crippen molar-refractivity contribution in [1.82, 2.24) is 14.8 Å². The molecule has 0 atom stereocenters. The number of hydrogen-bond acceptors (Lipinski definition) is 4. The molecule has 0 spiro atoms. The van der Waals surface area contributed by atoms with E-state index in [9.17, 15) is 4.79 Å². The highest BCUT2D eigenvalue weighted by molar-refractivity contribution is 6.30. The van der Waals surface area contributed by atoms with Gasteiger partial charge in [0, 0.05) is 22.5 Å². The van der Waals surface area contributed by atoms with Gasteiger partial charge in [0.25, 0.3) is 5.91 Å². The Morgan fingerprint density at radius 3 is 2.58 bits per heavy atom. The Morgan fingerprint density at radius 1 is 1.17 bits per heavy atom. The number of nitrogen functional groups attached to an aromatic ring is 1. The summed E-state index contributed by atoms with van der Waals surface area (Å²) in [4.78, 5) is 16.0. The van der Waals surface area contributed by atoms with Crippen LogP contribution in [0.25, 0.3) is 23.2 Å². The predicted molar refractivity (Wildman–Crippen MR) is 94.7 cm³/mol. The second kappa shape index (κ2) is 6.55. The first-order valence-electron chi connectivity index (χ1n) is 7.07. The molecular formula is C17H14ClN5O. The van der Waals surface area contributed by atoms with Crippen molar-refractivity contribution in [1.29, 1.82) is 0 Å². The maximum Gasteiger partial charge on any atom is 0.250 e. The zero-order valence-electron chi connectivity index (χ0n) is 12.6. The van der Waals surface area contributed by atoms with Gasteiger partial charge in [-0.15, -0.1) is 5.10 Å². The van der Waals surface area contributed by atoms with E-state index in [1.807, 2.05) is 12.1 Å². The molecule has 0 aliphatic heterocycles. The number of carbonyl (C=O) groups is 1. The highest BCUT2D eigenvalue weighted by Gasteiger charge is 2.10. The van der Waals surface area contributed by atoms with Crippen molar-refractivity contribution in [2.24, 2.45) is 5.73 Å². The Morgan fingerprint density at radius 2 is 1.92 bits per heavy atom. The Balaban J connectivity index is 1.97. The highest BCUT2D eigenvalue weighted by Crippen LogP contribution is 2.20. The van der Waals surface area contributed by atoms with Gasteiger partial charge >= 0.3 is 0 Å². The fraction of sp³-hybridized carbons (Fsp3) is 0. The molecule has 0 aliphatic rings. The summed E-state index contributed by atoms with van der Waals surface area (Å²) >= 11 is 5.97. The van der Waals surface area contributed by atoms with Gasteiger partial charge in [-0.25, -0.2) is 9.67 Å². The summed E-state index contributed by atoms with van der Waals surface area (Å²) in [6.45, 7) is 0. The molecule has 0 aliphatic carbocycles. The first kappa shape index (κ1) is 15.8. The molecule has 120 valence electrons. The molecule has 24 heavy (non-hydrogen) atoms. The van der Waals surface area contributed by atoms with E-state index >= 15 is 0 Å². The molecule has 4 N–H and O–H groups in total. The van der Waals surface area contributed by atoms with E-state index in [0.29, 0.717) is 27.7 Å². The number of carbonyl (C=O) groups excluding carboxylic acids is 1. The van der Waals surface area contributed by atoms with E-state index in [-0.39, 0.29) is 0 Å². The molecule has 1 aromatic heterocycles. The standard InChI is InChI=1S/C17H14ClN5O/c18-13-3-1-2-12(8-13)17-21-10-23(22-17)9-15(16(20)24)11-4-6-14(19)7-5-11/h1-10H,19H2,(H2,20,24). The van der Waals surface area contributed by atoms with Gasteiger partial charge in [0.15, 0.2) is 5.82 Å². The second-order valence-electron chi connectivity index (χ2n) is 5.09. The number of rotatable bonds is 4. The molecule has 6 nitrogen and oxygen atoms in total. The van der Waals surface area contributed by atoms with Gasteiger partial charge in [-0.2, -0.15) is 0 Å². The summed E-state index contributed by atoms with van der Waals surface area (Å²) in [5.41, 5.74) is 13.5. The third-order valence-corrected chi connectivity index (χ3v) is 3.57. The van der Waals surface area contributed by atoms with E-state index in [0.717, 1.165) is 5.56 Å². The number of hydrogen-bond donors (Lipinski definition) is 2. The Bertz CT molecular complexity index is 915. The van der Waals surface area contributed by atoms with Crippen LogP contribution in [0.4, 0.5) is 5.69 Å². The van der Waals surface area contributed by atoms with Crippen LogP contribution in [0.5, 0.6) is 0 Å². The van der Waals surface area contributed by atoms with Crippen LogP contribution in [0.1, 0.15) is 5.56 Å². The van der Waals surface area contributed by atoms with Crippen LogP contribution in [0, 0.1) is 0 Å². The fourth-order valence-electron chi connectivity index (χ4n) is 2.17. The average molecular weight is 340 g/mol. The Labute approximate surface area is 143 Å². The van der Waals surface area contributed by atoms with Crippen LogP contribution in [0.2, 0.25) is 5.02 Å². The highest BCUT2D eigenvalue weighted by atomic mass is 35.5. The van der Waals surface area contributed by atoms with E-state index in [1.54, 1.807) is 36.4 Å². The number of benzene rings is 2. The molecular weight excluding hydrogens is 326 g/mol. The lowest BCUT2D eigenvalue weighted by atomic mass is 10.1. The molecule has 0 bridgehead atoms. The van der Waals surface area contributed by atoms with Crippen molar-refractivity contribution in [2.45, 2.75) is 0 Å². The quantitative estimate of drug-likeness (QED) is 0.563. The minimum atomic E-state index is -0.570. The summed E-state index contributed by atoms with van der Waals surface area (Å²) in [5.74, 6) is -0.0746. The first-order valence-corrected chi connectivity index (χ1v) is 7.45. The van der Waals surface area contributed by atoms with Gasteiger partial charge in [0.2, 0.25) is 0 Å². The van der Waals surface area contributed by atoms with E-state index in [1.165, 1.54) is 17.2 Å². The van der Waals surface area contributed by atoms with Crippen LogP contribution < -0.4 is 11.5 Å². The minimum Gasteiger partial charge on any atom is -0.399 e. The lowest BCUT2D eigenvalue weighted by molar-refractivity contribution is -0.112. The van der Waals surface area contributed by atoms with Gasteiger partial charge in [-0.3, -0.25) is 4.79 Å². The molecule has 0 radical (unpaired) electrons. The third-order valence-electron chi connectivity index (χ3n) is 3.34. The number of amides is 1. The van der Waals surface area contributed by atoms with Crippen molar-refractivity contribution in [3.05, 3.63) is 65.4 Å². The first-order chi connectivity index (χ1) is 11.5. The third kappa shape index (κ3) is 3.44. The molecule has 0 unspecified atom stereocenters. The molecule has 0 saturated carbocycles. The smallest absolute Gasteiger partial charge is 0.250 e. The van der Waals surface area contributed by atoms with Crippen LogP contribution in [0.3, 0.4) is 0 Å². The maximum atomic E-state index is 11.8. The number of nitrogens with zero attached hydrogens (tertiary/aromatic N) is 3. The lowest BCUT2D eigenvalue weighted by Gasteiger charge is -2.04. The Kier molecular flexibility index (Phi) is 4.31. The summed E-state index contributed by atoms with van der Waals surface area (Å²) in [6.07, 6.45) is 3.02. The largest absolute Gasteiger partial charge is 0.399 e. The molecule has 3 aromatic rings. The average Bonchev–Trinajstić information content (AvgIpc) is 3.02. The molecule has 0 saturated heterocycles. The van der Waals surface area contributed by atoms with Gasteiger partial charge in [0.1, 0.15) is 6.33 Å². The molecule has 3 rings (SSSR count). The SMILES string of the molecule is NC(=O)C(=Cn1cnc(-c2cccc(Cl)c2)n1)c1ccc(N)cc1. The van der Waals surface area contributed by atoms with E-state index in [4.69, 9.17) is 23.1 Å². The summed E-state index contributed by atoms with van der Waals surface area (Å²) in [6, 6.07) is 14.0. The monoisotopic (exact) mass is 339 g/mol. The van der Waals surface area contributed by atoms with Gasteiger partial charge in [-0.05, 0) is 29.8 Å². The van der Waals surface area contributed by atoms with Gasteiger partial charge in [-0.1, -0.05) is 35.9 Å². The fourth-order valence-corrected chi connectivity index (χ4v) is 2.36. The van der Waals surface area contributed by atoms with Crippen LogP contribution >= 0.6 is 11.6 Å². The van der Waals surface area contributed by atoms with Gasteiger partial charge < -0.3 is 11.5 Å². The summed E-state index contributed by atoms with van der Waals surface area (Å²) in [7, 11) is 0. The molecule has 2 aromatic carbocycles. The lowest BCUT2D eigenvalue weighted by Crippen LogP contribution is -2.13. The van der Waals surface area contributed by atoms with E-state index < -0.39 is 5.91 Å². The normalized spacial score (nSPS) is 11.5. The minimum absolute atomic E-state index is 0.303. The van der Waals surface area contributed by atoms with Crippen molar-refractivity contribution in [3.63, 3.8) is 0 Å².